The van der Waals surface area contributed by atoms with Crippen molar-refractivity contribution in [3.63, 3.8) is 0 Å². The Morgan fingerprint density at radius 1 is 1.08 bits per heavy atom. The fourth-order valence-corrected chi connectivity index (χ4v) is 3.02. The Kier molecular flexibility index (Phi) is 6.04. The van der Waals surface area contributed by atoms with Crippen molar-refractivity contribution in [3.05, 3.63) is 52.5 Å². The zero-order valence-electron chi connectivity index (χ0n) is 14.9. The van der Waals surface area contributed by atoms with E-state index in [0.717, 1.165) is 34.4 Å². The van der Waals surface area contributed by atoms with E-state index < -0.39 is 0 Å². The lowest BCUT2D eigenvalue weighted by molar-refractivity contribution is -0.134. The first-order chi connectivity index (χ1) is 12.6. The molecule has 6 heteroatoms. The summed E-state index contributed by atoms with van der Waals surface area (Å²) in [6, 6.07) is 13.3. The Bertz CT molecular complexity index is 759. The molecule has 0 heterocycles. The van der Waals surface area contributed by atoms with Crippen LogP contribution >= 0.6 is 15.9 Å². The monoisotopic (exact) mass is 419 g/mol. The van der Waals surface area contributed by atoms with Gasteiger partial charge in [0.05, 0.1) is 14.2 Å². The molecule has 1 saturated carbocycles. The van der Waals surface area contributed by atoms with E-state index >= 15 is 0 Å². The summed E-state index contributed by atoms with van der Waals surface area (Å²) >= 11 is 3.39. The second-order valence-electron chi connectivity index (χ2n) is 6.17. The molecule has 2 aromatic carbocycles. The van der Waals surface area contributed by atoms with Crippen molar-refractivity contribution >= 4 is 21.8 Å². The number of hydrogen-bond acceptors (Lipinski definition) is 4. The van der Waals surface area contributed by atoms with Gasteiger partial charge >= 0.3 is 0 Å². The fraction of sp³-hybridized carbons (Fsp3) is 0.350. The minimum Gasteiger partial charge on any atom is -0.497 e. The third kappa shape index (κ3) is 4.69. The van der Waals surface area contributed by atoms with Gasteiger partial charge in [-0.25, -0.2) is 0 Å². The third-order valence-corrected chi connectivity index (χ3v) is 4.84. The second-order valence-corrected chi connectivity index (χ2v) is 7.09. The van der Waals surface area contributed by atoms with Gasteiger partial charge in [0.1, 0.15) is 17.2 Å². The molecular weight excluding hydrogens is 398 g/mol. The number of nitrogens with zero attached hydrogens (tertiary/aromatic N) is 1. The van der Waals surface area contributed by atoms with Crippen molar-refractivity contribution in [2.45, 2.75) is 25.4 Å². The lowest BCUT2D eigenvalue weighted by atomic mass is 10.1. The maximum atomic E-state index is 12.7. The normalized spacial score (nSPS) is 13.2. The van der Waals surface area contributed by atoms with Crippen molar-refractivity contribution in [2.75, 3.05) is 20.8 Å². The first kappa shape index (κ1) is 18.6. The van der Waals surface area contributed by atoms with Gasteiger partial charge in [0, 0.05) is 22.6 Å². The number of methoxy groups -OCH3 is 2. The number of rotatable bonds is 8. The van der Waals surface area contributed by atoms with Gasteiger partial charge < -0.3 is 19.1 Å². The SMILES string of the molecule is COc1ccc(OC)c(CN(C(=O)COc2ccc(Br)cc2)C2CC2)c1. The minimum atomic E-state index is -0.0275. The summed E-state index contributed by atoms with van der Waals surface area (Å²) in [7, 11) is 3.26. The van der Waals surface area contributed by atoms with Crippen molar-refractivity contribution in [1.29, 1.82) is 0 Å². The standard InChI is InChI=1S/C20H22BrNO4/c1-24-18-9-10-19(25-2)14(11-18)12-22(16-5-6-16)20(23)13-26-17-7-3-15(21)4-8-17/h3-4,7-11,16H,5-6,12-13H2,1-2H3. The molecule has 0 spiro atoms. The highest BCUT2D eigenvalue weighted by atomic mass is 79.9. The minimum absolute atomic E-state index is 0.0183. The smallest absolute Gasteiger partial charge is 0.261 e. The molecule has 0 bridgehead atoms. The van der Waals surface area contributed by atoms with Crippen LogP contribution in [0.3, 0.4) is 0 Å². The molecule has 1 amide bonds. The van der Waals surface area contributed by atoms with E-state index in [9.17, 15) is 4.79 Å². The highest BCUT2D eigenvalue weighted by Crippen LogP contribution is 2.32. The van der Waals surface area contributed by atoms with Gasteiger partial charge in [-0.15, -0.1) is 0 Å². The number of benzene rings is 2. The Labute approximate surface area is 162 Å². The van der Waals surface area contributed by atoms with Crippen LogP contribution in [0.2, 0.25) is 0 Å². The van der Waals surface area contributed by atoms with Crippen LogP contribution in [-0.2, 0) is 11.3 Å². The molecule has 0 atom stereocenters. The van der Waals surface area contributed by atoms with E-state index in [-0.39, 0.29) is 18.6 Å². The first-order valence-corrected chi connectivity index (χ1v) is 9.28. The van der Waals surface area contributed by atoms with E-state index in [1.54, 1.807) is 14.2 Å². The topological polar surface area (TPSA) is 48.0 Å². The van der Waals surface area contributed by atoms with E-state index in [4.69, 9.17) is 14.2 Å². The molecule has 0 saturated heterocycles. The Morgan fingerprint density at radius 2 is 1.77 bits per heavy atom. The molecule has 0 radical (unpaired) electrons. The Balaban J connectivity index is 1.69. The van der Waals surface area contributed by atoms with Gasteiger partial charge in [0.15, 0.2) is 6.61 Å². The number of halogens is 1. The highest BCUT2D eigenvalue weighted by Gasteiger charge is 2.33. The number of carbonyl (C=O) groups is 1. The largest absolute Gasteiger partial charge is 0.497 e. The fourth-order valence-electron chi connectivity index (χ4n) is 2.75. The lowest BCUT2D eigenvalue weighted by Crippen LogP contribution is -2.36. The van der Waals surface area contributed by atoms with Crippen LogP contribution < -0.4 is 14.2 Å². The maximum Gasteiger partial charge on any atom is 0.261 e. The Hall–Kier alpha value is -2.21. The van der Waals surface area contributed by atoms with E-state index in [0.29, 0.717) is 12.3 Å². The van der Waals surface area contributed by atoms with Gasteiger partial charge in [0.2, 0.25) is 0 Å². The van der Waals surface area contributed by atoms with Crippen molar-refractivity contribution in [3.8, 4) is 17.2 Å². The average Bonchev–Trinajstić information content (AvgIpc) is 3.50. The van der Waals surface area contributed by atoms with Crippen LogP contribution in [0.25, 0.3) is 0 Å². The van der Waals surface area contributed by atoms with Gasteiger partial charge in [-0.3, -0.25) is 4.79 Å². The van der Waals surface area contributed by atoms with Crippen LogP contribution in [0.1, 0.15) is 18.4 Å². The lowest BCUT2D eigenvalue weighted by Gasteiger charge is -2.24. The molecule has 5 nitrogen and oxygen atoms in total. The summed E-state index contributed by atoms with van der Waals surface area (Å²) < 4.78 is 17.4. The zero-order chi connectivity index (χ0) is 18.5. The van der Waals surface area contributed by atoms with E-state index in [1.807, 2.05) is 47.4 Å². The summed E-state index contributed by atoms with van der Waals surface area (Å²) in [6.45, 7) is 0.498. The number of hydrogen-bond donors (Lipinski definition) is 0. The average molecular weight is 420 g/mol. The van der Waals surface area contributed by atoms with Crippen LogP contribution in [0.15, 0.2) is 46.9 Å². The van der Waals surface area contributed by atoms with Crippen molar-refractivity contribution in [2.24, 2.45) is 0 Å². The molecule has 0 unspecified atom stereocenters. The summed E-state index contributed by atoms with van der Waals surface area (Å²) in [6.07, 6.45) is 2.05. The molecule has 2 aromatic rings. The van der Waals surface area contributed by atoms with Crippen LogP contribution in [0, 0.1) is 0 Å². The number of amides is 1. The van der Waals surface area contributed by atoms with Gasteiger partial charge in [-0.2, -0.15) is 0 Å². The van der Waals surface area contributed by atoms with E-state index in [1.165, 1.54) is 0 Å². The maximum absolute atomic E-state index is 12.7. The molecule has 1 fully saturated rings. The van der Waals surface area contributed by atoms with Gasteiger partial charge in [-0.05, 0) is 55.3 Å². The quantitative estimate of drug-likeness (QED) is 0.647. The van der Waals surface area contributed by atoms with Crippen LogP contribution in [0.4, 0.5) is 0 Å². The van der Waals surface area contributed by atoms with Crippen molar-refractivity contribution < 1.29 is 19.0 Å². The molecule has 3 rings (SSSR count). The zero-order valence-corrected chi connectivity index (χ0v) is 16.5. The van der Waals surface area contributed by atoms with Gasteiger partial charge in [0.25, 0.3) is 5.91 Å². The number of carbonyl (C=O) groups excluding carboxylic acids is 1. The predicted molar refractivity (Wildman–Crippen MR) is 103 cm³/mol. The third-order valence-electron chi connectivity index (χ3n) is 4.31. The summed E-state index contributed by atoms with van der Waals surface area (Å²) in [5.41, 5.74) is 0.927. The van der Waals surface area contributed by atoms with Crippen molar-refractivity contribution in [1.82, 2.24) is 4.90 Å². The molecule has 0 N–H and O–H groups in total. The Morgan fingerprint density at radius 3 is 2.38 bits per heavy atom. The van der Waals surface area contributed by atoms with Crippen LogP contribution in [-0.4, -0.2) is 37.7 Å². The molecule has 1 aliphatic rings. The highest BCUT2D eigenvalue weighted by molar-refractivity contribution is 9.10. The molecule has 26 heavy (non-hydrogen) atoms. The summed E-state index contributed by atoms with van der Waals surface area (Å²) in [4.78, 5) is 14.6. The van der Waals surface area contributed by atoms with Gasteiger partial charge in [-0.1, -0.05) is 15.9 Å². The van der Waals surface area contributed by atoms with Crippen LogP contribution in [0.5, 0.6) is 17.2 Å². The molecular formula is C20H22BrNO4. The summed E-state index contributed by atoms with van der Waals surface area (Å²) in [5.74, 6) is 2.14. The molecule has 138 valence electrons. The van der Waals surface area contributed by atoms with E-state index in [2.05, 4.69) is 15.9 Å². The molecule has 1 aliphatic carbocycles. The summed E-state index contributed by atoms with van der Waals surface area (Å²) in [5, 5.41) is 0. The predicted octanol–water partition coefficient (Wildman–Crippen LogP) is 4.04. The first-order valence-electron chi connectivity index (χ1n) is 8.49. The molecule has 0 aliphatic heterocycles. The number of ether oxygens (including phenoxy) is 3. The second kappa shape index (κ2) is 8.45. The molecule has 0 aromatic heterocycles.